The van der Waals surface area contributed by atoms with Crippen LogP contribution in [0.25, 0.3) is 0 Å². The van der Waals surface area contributed by atoms with Crippen molar-refractivity contribution in [1.29, 1.82) is 0 Å². The molecule has 1 fully saturated rings. The third-order valence-corrected chi connectivity index (χ3v) is 3.53. The number of rotatable bonds is 3. The first-order valence-electron chi connectivity index (χ1n) is 6.02. The summed E-state index contributed by atoms with van der Waals surface area (Å²) < 4.78 is 24.7. The Balaban J connectivity index is 2.51. The van der Waals surface area contributed by atoms with Crippen LogP contribution < -0.4 is 14.8 Å². The first-order valence-corrected chi connectivity index (χ1v) is 6.40. The van der Waals surface area contributed by atoms with Crippen molar-refractivity contribution in [3.63, 3.8) is 0 Å². The number of halogens is 2. The summed E-state index contributed by atoms with van der Waals surface area (Å²) in [5.74, 6) is 0.471. The summed E-state index contributed by atoms with van der Waals surface area (Å²) in [4.78, 5) is 0. The molecule has 1 heterocycles. The van der Waals surface area contributed by atoms with Gasteiger partial charge in [-0.15, -0.1) is 0 Å². The highest BCUT2D eigenvalue weighted by Gasteiger charge is 2.27. The highest BCUT2D eigenvalue weighted by atomic mass is 35.5. The molecule has 0 saturated carbocycles. The van der Waals surface area contributed by atoms with Crippen molar-refractivity contribution in [2.75, 3.05) is 20.8 Å². The van der Waals surface area contributed by atoms with Gasteiger partial charge in [-0.3, -0.25) is 0 Å². The molecule has 1 aliphatic heterocycles. The molecule has 3 nitrogen and oxygen atoms in total. The van der Waals surface area contributed by atoms with Crippen molar-refractivity contribution < 1.29 is 13.9 Å². The van der Waals surface area contributed by atoms with Crippen LogP contribution in [0.15, 0.2) is 6.07 Å². The molecular weight excluding hydrogens is 257 g/mol. The number of piperidine rings is 1. The first kappa shape index (κ1) is 13.4. The molecule has 0 radical (unpaired) electrons. The fraction of sp³-hybridized carbons (Fsp3) is 0.538. The fourth-order valence-corrected chi connectivity index (χ4v) is 2.58. The minimum Gasteiger partial charge on any atom is -0.493 e. The topological polar surface area (TPSA) is 30.5 Å². The fourth-order valence-electron chi connectivity index (χ4n) is 2.38. The summed E-state index contributed by atoms with van der Waals surface area (Å²) in [5.41, 5.74) is 0.474. The predicted octanol–water partition coefficient (Wildman–Crippen LogP) is 3.31. The molecule has 1 saturated heterocycles. The van der Waals surface area contributed by atoms with Crippen molar-refractivity contribution >= 4 is 11.6 Å². The van der Waals surface area contributed by atoms with Gasteiger partial charge in [-0.1, -0.05) is 18.0 Å². The monoisotopic (exact) mass is 273 g/mol. The quantitative estimate of drug-likeness (QED) is 0.916. The van der Waals surface area contributed by atoms with Crippen LogP contribution in [-0.4, -0.2) is 20.8 Å². The second kappa shape index (κ2) is 5.76. The lowest BCUT2D eigenvalue weighted by Crippen LogP contribution is -2.28. The van der Waals surface area contributed by atoms with Gasteiger partial charge < -0.3 is 14.8 Å². The second-order valence-corrected chi connectivity index (χ2v) is 4.73. The van der Waals surface area contributed by atoms with E-state index < -0.39 is 5.82 Å². The minimum atomic E-state index is -0.422. The van der Waals surface area contributed by atoms with Crippen molar-refractivity contribution in [1.82, 2.24) is 5.32 Å². The van der Waals surface area contributed by atoms with Crippen molar-refractivity contribution in [2.45, 2.75) is 25.3 Å². The van der Waals surface area contributed by atoms with Crippen LogP contribution in [0.5, 0.6) is 11.5 Å². The summed E-state index contributed by atoms with van der Waals surface area (Å²) in [5, 5.41) is 3.36. The van der Waals surface area contributed by atoms with Gasteiger partial charge in [0.25, 0.3) is 0 Å². The zero-order valence-corrected chi connectivity index (χ0v) is 11.3. The number of methoxy groups -OCH3 is 2. The van der Waals surface area contributed by atoms with E-state index in [4.69, 9.17) is 21.1 Å². The average molecular weight is 274 g/mol. The SMILES string of the molecule is COc1cc(Cl)c(F)c(C2CCCCN2)c1OC. The van der Waals surface area contributed by atoms with Crippen LogP contribution in [0.3, 0.4) is 0 Å². The van der Waals surface area contributed by atoms with E-state index in [1.165, 1.54) is 20.3 Å². The van der Waals surface area contributed by atoms with Crippen molar-refractivity contribution in [2.24, 2.45) is 0 Å². The van der Waals surface area contributed by atoms with E-state index in [9.17, 15) is 4.39 Å². The zero-order valence-electron chi connectivity index (χ0n) is 10.6. The van der Waals surface area contributed by atoms with Gasteiger partial charge in [-0.25, -0.2) is 4.39 Å². The molecule has 1 aromatic carbocycles. The van der Waals surface area contributed by atoms with E-state index in [-0.39, 0.29) is 11.1 Å². The maximum absolute atomic E-state index is 14.2. The third kappa shape index (κ3) is 2.40. The Morgan fingerprint density at radius 2 is 2.11 bits per heavy atom. The molecule has 0 bridgehead atoms. The first-order chi connectivity index (χ1) is 8.69. The lowest BCUT2D eigenvalue weighted by molar-refractivity contribution is 0.331. The molecule has 2 rings (SSSR count). The molecule has 1 N–H and O–H groups in total. The molecule has 0 aliphatic carbocycles. The number of ether oxygens (including phenoxy) is 2. The highest BCUT2D eigenvalue weighted by molar-refractivity contribution is 6.31. The van der Waals surface area contributed by atoms with Crippen LogP contribution in [0.1, 0.15) is 30.9 Å². The highest BCUT2D eigenvalue weighted by Crippen LogP contribution is 2.42. The second-order valence-electron chi connectivity index (χ2n) is 4.32. The van der Waals surface area contributed by atoms with E-state index in [0.29, 0.717) is 17.1 Å². The molecule has 1 unspecified atom stereocenters. The molecule has 0 spiro atoms. The maximum atomic E-state index is 14.2. The molecule has 1 aromatic rings. The van der Waals surface area contributed by atoms with E-state index in [0.717, 1.165) is 25.8 Å². The van der Waals surface area contributed by atoms with Crippen molar-refractivity contribution in [3.05, 3.63) is 22.5 Å². The zero-order chi connectivity index (χ0) is 13.1. The Morgan fingerprint density at radius 1 is 1.33 bits per heavy atom. The van der Waals surface area contributed by atoms with Gasteiger partial charge >= 0.3 is 0 Å². The molecule has 1 atom stereocenters. The summed E-state index contributed by atoms with van der Waals surface area (Å²) in [7, 11) is 3.03. The molecule has 100 valence electrons. The summed E-state index contributed by atoms with van der Waals surface area (Å²) in [6.45, 7) is 0.877. The van der Waals surface area contributed by atoms with Crippen LogP contribution in [0.4, 0.5) is 4.39 Å². The molecule has 1 aliphatic rings. The number of benzene rings is 1. The van der Waals surface area contributed by atoms with Crippen molar-refractivity contribution in [3.8, 4) is 11.5 Å². The van der Waals surface area contributed by atoms with Gasteiger partial charge in [-0.05, 0) is 19.4 Å². The van der Waals surface area contributed by atoms with Gasteiger partial charge in [0.05, 0.1) is 24.8 Å². The molecular formula is C13H17ClFNO2. The summed E-state index contributed by atoms with van der Waals surface area (Å²) >= 11 is 5.91. The smallest absolute Gasteiger partial charge is 0.168 e. The molecule has 18 heavy (non-hydrogen) atoms. The molecule has 0 aromatic heterocycles. The Labute approximate surface area is 111 Å². The van der Waals surface area contributed by atoms with E-state index in [1.807, 2.05) is 0 Å². The van der Waals surface area contributed by atoms with Gasteiger partial charge in [-0.2, -0.15) is 0 Å². The largest absolute Gasteiger partial charge is 0.493 e. The van der Waals surface area contributed by atoms with Gasteiger partial charge in [0, 0.05) is 12.1 Å². The van der Waals surface area contributed by atoms with E-state index >= 15 is 0 Å². The standard InChI is InChI=1S/C13H17ClFNO2/c1-17-10-7-8(14)12(15)11(13(10)18-2)9-5-3-4-6-16-9/h7,9,16H,3-6H2,1-2H3. The van der Waals surface area contributed by atoms with E-state index in [2.05, 4.69) is 5.32 Å². The van der Waals surface area contributed by atoms with E-state index in [1.54, 1.807) is 0 Å². The van der Waals surface area contributed by atoms with Crippen LogP contribution in [-0.2, 0) is 0 Å². The Hall–Kier alpha value is -1.00. The summed E-state index contributed by atoms with van der Waals surface area (Å²) in [6, 6.07) is 1.38. The third-order valence-electron chi connectivity index (χ3n) is 3.26. The number of hydrogen-bond donors (Lipinski definition) is 1. The Bertz CT molecular complexity index is 433. The Kier molecular flexibility index (Phi) is 4.30. The van der Waals surface area contributed by atoms with Crippen LogP contribution >= 0.6 is 11.6 Å². The maximum Gasteiger partial charge on any atom is 0.168 e. The number of hydrogen-bond acceptors (Lipinski definition) is 3. The predicted molar refractivity (Wildman–Crippen MR) is 69.1 cm³/mol. The number of nitrogens with one attached hydrogen (secondary N) is 1. The lowest BCUT2D eigenvalue weighted by atomic mass is 9.96. The van der Waals surface area contributed by atoms with Gasteiger partial charge in [0.2, 0.25) is 0 Å². The van der Waals surface area contributed by atoms with Crippen LogP contribution in [0, 0.1) is 5.82 Å². The molecule has 5 heteroatoms. The average Bonchev–Trinajstić information content (AvgIpc) is 2.42. The van der Waals surface area contributed by atoms with Crippen LogP contribution in [0.2, 0.25) is 5.02 Å². The Morgan fingerprint density at radius 3 is 2.67 bits per heavy atom. The molecule has 0 amide bonds. The van der Waals surface area contributed by atoms with Gasteiger partial charge in [0.15, 0.2) is 17.3 Å². The van der Waals surface area contributed by atoms with Gasteiger partial charge in [0.1, 0.15) is 0 Å². The minimum absolute atomic E-state index is 0.0648. The summed E-state index contributed by atoms with van der Waals surface area (Å²) in [6.07, 6.45) is 3.05. The lowest BCUT2D eigenvalue weighted by Gasteiger charge is -2.26. The normalized spacial score (nSPS) is 19.7.